The fourth-order valence-corrected chi connectivity index (χ4v) is 1.38. The number of nitrogen functional groups attached to an aromatic ring is 1. The first-order valence-electron chi connectivity index (χ1n) is 5.45. The van der Waals surface area contributed by atoms with E-state index in [1.807, 2.05) is 0 Å². The first kappa shape index (κ1) is 14.3. The van der Waals surface area contributed by atoms with Crippen LogP contribution < -0.4 is 15.8 Å². The van der Waals surface area contributed by atoms with Crippen molar-refractivity contribution in [3.8, 4) is 5.75 Å². The summed E-state index contributed by atoms with van der Waals surface area (Å²) in [6, 6.07) is 4.83. The van der Waals surface area contributed by atoms with Crippen LogP contribution in [0.5, 0.6) is 5.75 Å². The lowest BCUT2D eigenvalue weighted by molar-refractivity contribution is 0.00318. The fourth-order valence-electron chi connectivity index (χ4n) is 1.38. The van der Waals surface area contributed by atoms with Crippen molar-refractivity contribution in [1.29, 1.82) is 0 Å². The van der Waals surface area contributed by atoms with E-state index < -0.39 is 18.1 Å². The maximum Gasteiger partial charge on any atom is 0.255 e. The topological polar surface area (TPSA) is 105 Å². The molecular formula is C12H18N2O4. The lowest BCUT2D eigenvalue weighted by Crippen LogP contribution is -2.43. The molecule has 0 spiro atoms. The average molecular weight is 254 g/mol. The minimum atomic E-state index is -1.36. The molecule has 1 aromatic carbocycles. The molecule has 0 aliphatic carbocycles. The number of nitrogens with one attached hydrogen (secondary N) is 1. The van der Waals surface area contributed by atoms with Crippen molar-refractivity contribution in [2.75, 3.05) is 26.0 Å². The summed E-state index contributed by atoms with van der Waals surface area (Å²) in [5.74, 6) is -0.133. The molecule has 0 aliphatic rings. The van der Waals surface area contributed by atoms with Crippen LogP contribution in [0.1, 0.15) is 17.3 Å². The van der Waals surface area contributed by atoms with E-state index in [0.717, 1.165) is 0 Å². The van der Waals surface area contributed by atoms with Gasteiger partial charge in [-0.05, 0) is 19.1 Å². The van der Waals surface area contributed by atoms with Gasteiger partial charge in [-0.1, -0.05) is 6.07 Å². The van der Waals surface area contributed by atoms with Crippen molar-refractivity contribution < 1.29 is 19.7 Å². The molecule has 1 aromatic rings. The molecule has 1 unspecified atom stereocenters. The van der Waals surface area contributed by atoms with Crippen LogP contribution in [0.25, 0.3) is 0 Å². The number of nitrogens with two attached hydrogens (primary N) is 1. The van der Waals surface area contributed by atoms with Crippen molar-refractivity contribution in [1.82, 2.24) is 5.32 Å². The number of carbonyl (C=O) groups excluding carboxylic acids is 1. The highest BCUT2D eigenvalue weighted by Crippen LogP contribution is 2.25. The molecule has 18 heavy (non-hydrogen) atoms. The van der Waals surface area contributed by atoms with Gasteiger partial charge >= 0.3 is 0 Å². The molecule has 6 heteroatoms. The Morgan fingerprint density at radius 2 is 2.22 bits per heavy atom. The summed E-state index contributed by atoms with van der Waals surface area (Å²) in [4.78, 5) is 11.9. The molecular weight excluding hydrogens is 236 g/mol. The summed E-state index contributed by atoms with van der Waals surface area (Å²) < 4.78 is 5.06. The molecule has 5 N–H and O–H groups in total. The molecule has 0 radical (unpaired) electrons. The van der Waals surface area contributed by atoms with Gasteiger partial charge in [-0.2, -0.15) is 0 Å². The zero-order chi connectivity index (χ0) is 13.8. The number of amides is 1. The molecule has 1 amide bonds. The fraction of sp³-hybridized carbons (Fsp3) is 0.417. The van der Waals surface area contributed by atoms with Crippen LogP contribution in [0.2, 0.25) is 0 Å². The second-order valence-electron chi connectivity index (χ2n) is 4.27. The smallest absolute Gasteiger partial charge is 0.255 e. The van der Waals surface area contributed by atoms with Crippen molar-refractivity contribution in [2.45, 2.75) is 12.5 Å². The Morgan fingerprint density at radius 3 is 2.78 bits per heavy atom. The Hall–Kier alpha value is -1.79. The summed E-state index contributed by atoms with van der Waals surface area (Å²) >= 11 is 0. The molecule has 0 saturated heterocycles. The van der Waals surface area contributed by atoms with Gasteiger partial charge in [0.05, 0.1) is 25.0 Å². The maximum atomic E-state index is 11.9. The minimum absolute atomic E-state index is 0.0692. The summed E-state index contributed by atoms with van der Waals surface area (Å²) in [6.45, 7) is 0.908. The van der Waals surface area contributed by atoms with E-state index in [0.29, 0.717) is 11.4 Å². The van der Waals surface area contributed by atoms with Gasteiger partial charge in [-0.15, -0.1) is 0 Å². The molecule has 1 atom stereocenters. The highest BCUT2D eigenvalue weighted by molar-refractivity contribution is 5.98. The molecule has 0 heterocycles. The van der Waals surface area contributed by atoms with E-state index in [1.54, 1.807) is 18.2 Å². The molecule has 1 rings (SSSR count). The van der Waals surface area contributed by atoms with Gasteiger partial charge in [-0.3, -0.25) is 4.79 Å². The van der Waals surface area contributed by atoms with Crippen molar-refractivity contribution in [3.63, 3.8) is 0 Å². The van der Waals surface area contributed by atoms with E-state index in [-0.39, 0.29) is 12.1 Å². The summed E-state index contributed by atoms with van der Waals surface area (Å²) in [5.41, 5.74) is 4.97. The number of benzene rings is 1. The monoisotopic (exact) mass is 254 g/mol. The highest BCUT2D eigenvalue weighted by atomic mass is 16.5. The van der Waals surface area contributed by atoms with Crippen molar-refractivity contribution in [2.24, 2.45) is 0 Å². The predicted molar refractivity (Wildman–Crippen MR) is 67.4 cm³/mol. The molecule has 0 bridgehead atoms. The van der Waals surface area contributed by atoms with Crippen LogP contribution in [0.3, 0.4) is 0 Å². The van der Waals surface area contributed by atoms with Gasteiger partial charge in [0.25, 0.3) is 5.91 Å². The third-order valence-corrected chi connectivity index (χ3v) is 2.46. The van der Waals surface area contributed by atoms with Crippen LogP contribution in [-0.4, -0.2) is 42.0 Å². The summed E-state index contributed by atoms with van der Waals surface area (Å²) in [5, 5.41) is 21.0. The number of methoxy groups -OCH3 is 1. The largest absolute Gasteiger partial charge is 0.494 e. The van der Waals surface area contributed by atoms with E-state index in [9.17, 15) is 9.90 Å². The third-order valence-electron chi connectivity index (χ3n) is 2.46. The lowest BCUT2D eigenvalue weighted by Gasteiger charge is -2.21. The van der Waals surface area contributed by atoms with Crippen LogP contribution in [0.4, 0.5) is 5.69 Å². The molecule has 0 fully saturated rings. The molecule has 100 valence electrons. The van der Waals surface area contributed by atoms with Crippen LogP contribution in [-0.2, 0) is 0 Å². The summed E-state index contributed by atoms with van der Waals surface area (Å²) in [7, 11) is 1.42. The van der Waals surface area contributed by atoms with Gasteiger partial charge in [0, 0.05) is 6.54 Å². The number of carbonyl (C=O) groups is 1. The number of hydrogen-bond donors (Lipinski definition) is 4. The first-order valence-corrected chi connectivity index (χ1v) is 5.45. The molecule has 0 aliphatic heterocycles. The third kappa shape index (κ3) is 3.35. The average Bonchev–Trinajstić information content (AvgIpc) is 2.35. The molecule has 6 nitrogen and oxygen atoms in total. The predicted octanol–water partition coefficient (Wildman–Crippen LogP) is -0.249. The number of ether oxygens (including phenoxy) is 1. The van der Waals surface area contributed by atoms with E-state index in [4.69, 9.17) is 15.6 Å². The van der Waals surface area contributed by atoms with Gasteiger partial charge in [0.2, 0.25) is 0 Å². The number of para-hydroxylation sites is 1. The van der Waals surface area contributed by atoms with Crippen LogP contribution >= 0.6 is 0 Å². The van der Waals surface area contributed by atoms with Crippen LogP contribution in [0.15, 0.2) is 18.2 Å². The Bertz CT molecular complexity index is 432. The summed E-state index contributed by atoms with van der Waals surface area (Å²) in [6.07, 6.45) is 0. The van der Waals surface area contributed by atoms with E-state index in [2.05, 4.69) is 5.32 Å². The zero-order valence-corrected chi connectivity index (χ0v) is 10.4. The van der Waals surface area contributed by atoms with E-state index in [1.165, 1.54) is 14.0 Å². The quantitative estimate of drug-likeness (QED) is 0.542. The number of aliphatic hydroxyl groups is 2. The molecule has 0 aromatic heterocycles. The Labute approximate surface area is 105 Å². The second-order valence-corrected chi connectivity index (χ2v) is 4.27. The van der Waals surface area contributed by atoms with E-state index >= 15 is 0 Å². The maximum absolute atomic E-state index is 11.9. The highest BCUT2D eigenvalue weighted by Gasteiger charge is 2.21. The number of anilines is 1. The Balaban J connectivity index is 2.82. The van der Waals surface area contributed by atoms with Crippen molar-refractivity contribution >= 4 is 11.6 Å². The molecule has 0 saturated carbocycles. The van der Waals surface area contributed by atoms with Crippen molar-refractivity contribution in [3.05, 3.63) is 23.8 Å². The standard InChI is InChI=1S/C12H18N2O4/c1-12(17,7-15)6-14-11(16)8-4-3-5-9(13)10(8)18-2/h3-5,15,17H,6-7,13H2,1-2H3,(H,14,16). The normalized spacial score (nSPS) is 13.8. The van der Waals surface area contributed by atoms with Gasteiger partial charge in [-0.25, -0.2) is 0 Å². The zero-order valence-electron chi connectivity index (χ0n) is 10.4. The first-order chi connectivity index (χ1) is 8.41. The van der Waals surface area contributed by atoms with Crippen LogP contribution in [0, 0.1) is 0 Å². The van der Waals surface area contributed by atoms with Gasteiger partial charge in [0.1, 0.15) is 5.60 Å². The minimum Gasteiger partial charge on any atom is -0.494 e. The number of aliphatic hydroxyl groups excluding tert-OH is 1. The Kier molecular flexibility index (Phi) is 4.52. The SMILES string of the molecule is COc1c(N)cccc1C(=O)NCC(C)(O)CO. The van der Waals surface area contributed by atoms with Gasteiger partial charge in [0.15, 0.2) is 5.75 Å². The van der Waals surface area contributed by atoms with Gasteiger partial charge < -0.3 is 26.0 Å². The lowest BCUT2D eigenvalue weighted by atomic mass is 10.1. The Morgan fingerprint density at radius 1 is 1.56 bits per heavy atom. The number of rotatable bonds is 5. The second kappa shape index (κ2) is 5.70. The number of hydrogen-bond acceptors (Lipinski definition) is 5.